The van der Waals surface area contributed by atoms with E-state index in [-0.39, 0.29) is 5.91 Å². The Kier molecular flexibility index (Phi) is 7.45. The molecule has 2 heterocycles. The molecule has 6 heteroatoms. The molecule has 174 valence electrons. The van der Waals surface area contributed by atoms with Crippen LogP contribution in [-0.4, -0.2) is 41.5 Å². The van der Waals surface area contributed by atoms with Crippen LogP contribution in [0.2, 0.25) is 0 Å². The summed E-state index contributed by atoms with van der Waals surface area (Å²) in [5.41, 5.74) is 3.42. The summed E-state index contributed by atoms with van der Waals surface area (Å²) < 4.78 is 11.7. The molecule has 0 saturated carbocycles. The normalized spacial score (nSPS) is 16.5. The average Bonchev–Trinajstić information content (AvgIpc) is 3.20. The van der Waals surface area contributed by atoms with Crippen LogP contribution in [0.3, 0.4) is 0 Å². The Morgan fingerprint density at radius 1 is 1.12 bits per heavy atom. The van der Waals surface area contributed by atoms with Gasteiger partial charge in [-0.3, -0.25) is 9.69 Å². The number of nitrogens with one attached hydrogen (secondary N) is 1. The molecule has 0 radical (unpaired) electrons. The van der Waals surface area contributed by atoms with Gasteiger partial charge in [0.1, 0.15) is 23.8 Å². The summed E-state index contributed by atoms with van der Waals surface area (Å²) in [6, 6.07) is 15.9. The van der Waals surface area contributed by atoms with Gasteiger partial charge in [0.15, 0.2) is 0 Å². The smallest absolute Gasteiger partial charge is 0.251 e. The number of aryl methyl sites for hydroxylation is 2. The predicted molar refractivity (Wildman–Crippen MR) is 129 cm³/mol. The molecule has 0 bridgehead atoms. The summed E-state index contributed by atoms with van der Waals surface area (Å²) >= 11 is 0. The Morgan fingerprint density at radius 2 is 1.88 bits per heavy atom. The fourth-order valence-corrected chi connectivity index (χ4v) is 4.14. The van der Waals surface area contributed by atoms with Crippen molar-refractivity contribution >= 4 is 5.91 Å². The van der Waals surface area contributed by atoms with Gasteiger partial charge in [0, 0.05) is 30.3 Å². The lowest BCUT2D eigenvalue weighted by atomic mass is 10.0. The summed E-state index contributed by atoms with van der Waals surface area (Å²) in [6.07, 6.45) is 3.80. The van der Waals surface area contributed by atoms with Gasteiger partial charge in [0.05, 0.1) is 0 Å². The Bertz CT molecular complexity index is 1060. The maximum Gasteiger partial charge on any atom is 0.251 e. The minimum Gasteiger partial charge on any atom is -0.487 e. The summed E-state index contributed by atoms with van der Waals surface area (Å²) in [4.78, 5) is 19.6. The van der Waals surface area contributed by atoms with Crippen molar-refractivity contribution in [3.05, 3.63) is 71.1 Å². The third-order valence-electron chi connectivity index (χ3n) is 6.31. The fraction of sp³-hybridized carbons (Fsp3) is 0.407. The van der Waals surface area contributed by atoms with Gasteiger partial charge in [-0.05, 0) is 76.6 Å². The molecule has 1 aliphatic rings. The number of hydrogen-bond acceptors (Lipinski definition) is 5. The molecule has 1 N–H and O–H groups in total. The molecule has 1 saturated heterocycles. The van der Waals surface area contributed by atoms with Crippen LogP contribution >= 0.6 is 0 Å². The lowest BCUT2D eigenvalue weighted by molar-refractivity contribution is 0.0938. The molecular weight excluding hydrogens is 414 g/mol. The second kappa shape index (κ2) is 10.7. The highest BCUT2D eigenvalue weighted by molar-refractivity contribution is 5.94. The number of aromatic nitrogens is 1. The molecule has 1 amide bonds. The Balaban J connectivity index is 1.31. The van der Waals surface area contributed by atoms with Crippen LogP contribution in [0.25, 0.3) is 11.5 Å². The standard InChI is InChI=1S/C27H33N3O3/c1-19-7-13-24(14-8-19)32-18-25-21(3)33-27(29-25)23-11-9-22(10-12-23)26(31)28-15-17-30-16-5-4-6-20(30)2/h7-14,20H,4-6,15-18H2,1-3H3,(H,28,31)/t20-/m0/s1. The number of carbonyl (C=O) groups excluding carboxylic acids is 1. The third kappa shape index (κ3) is 6.02. The third-order valence-corrected chi connectivity index (χ3v) is 6.31. The average molecular weight is 448 g/mol. The van der Waals surface area contributed by atoms with E-state index in [4.69, 9.17) is 9.15 Å². The maximum atomic E-state index is 12.5. The summed E-state index contributed by atoms with van der Waals surface area (Å²) in [7, 11) is 0. The van der Waals surface area contributed by atoms with Crippen molar-refractivity contribution in [2.24, 2.45) is 0 Å². The first-order valence-corrected chi connectivity index (χ1v) is 11.8. The summed E-state index contributed by atoms with van der Waals surface area (Å²) in [6.45, 7) is 9.22. The van der Waals surface area contributed by atoms with Crippen molar-refractivity contribution in [3.63, 3.8) is 0 Å². The van der Waals surface area contributed by atoms with Crippen molar-refractivity contribution in [1.82, 2.24) is 15.2 Å². The molecule has 4 rings (SSSR count). The molecular formula is C27H33N3O3. The van der Waals surface area contributed by atoms with Crippen molar-refractivity contribution in [2.75, 3.05) is 19.6 Å². The quantitative estimate of drug-likeness (QED) is 0.518. The van der Waals surface area contributed by atoms with Gasteiger partial charge in [-0.2, -0.15) is 0 Å². The van der Waals surface area contributed by atoms with E-state index in [0.29, 0.717) is 30.6 Å². The minimum atomic E-state index is -0.0537. The molecule has 33 heavy (non-hydrogen) atoms. The van der Waals surface area contributed by atoms with Gasteiger partial charge in [-0.15, -0.1) is 0 Å². The van der Waals surface area contributed by atoms with Crippen LogP contribution in [0.1, 0.15) is 53.6 Å². The van der Waals surface area contributed by atoms with Gasteiger partial charge in [-0.1, -0.05) is 24.1 Å². The van der Waals surface area contributed by atoms with Crippen molar-refractivity contribution < 1.29 is 13.9 Å². The molecule has 0 unspecified atom stereocenters. The number of carbonyl (C=O) groups is 1. The molecule has 6 nitrogen and oxygen atoms in total. The second-order valence-electron chi connectivity index (χ2n) is 8.84. The van der Waals surface area contributed by atoms with E-state index in [1.165, 1.54) is 24.8 Å². The monoisotopic (exact) mass is 447 g/mol. The van der Waals surface area contributed by atoms with E-state index < -0.39 is 0 Å². The van der Waals surface area contributed by atoms with Crippen LogP contribution < -0.4 is 10.1 Å². The van der Waals surface area contributed by atoms with E-state index in [1.54, 1.807) is 0 Å². The van der Waals surface area contributed by atoms with E-state index in [9.17, 15) is 4.79 Å². The topological polar surface area (TPSA) is 67.6 Å². The fourth-order valence-electron chi connectivity index (χ4n) is 4.14. The molecule has 0 spiro atoms. The maximum absolute atomic E-state index is 12.5. The first-order chi connectivity index (χ1) is 16.0. The Labute approximate surface area is 196 Å². The number of hydrogen-bond donors (Lipinski definition) is 1. The van der Waals surface area contributed by atoms with E-state index >= 15 is 0 Å². The largest absolute Gasteiger partial charge is 0.487 e. The van der Waals surface area contributed by atoms with Gasteiger partial charge in [-0.25, -0.2) is 4.98 Å². The minimum absolute atomic E-state index is 0.0537. The molecule has 1 fully saturated rings. The number of oxazole rings is 1. The van der Waals surface area contributed by atoms with Gasteiger partial charge < -0.3 is 14.5 Å². The molecule has 1 aliphatic heterocycles. The first kappa shape index (κ1) is 23.1. The van der Waals surface area contributed by atoms with Crippen LogP contribution in [0.4, 0.5) is 0 Å². The van der Waals surface area contributed by atoms with Gasteiger partial charge in [0.2, 0.25) is 5.89 Å². The zero-order chi connectivity index (χ0) is 23.2. The highest BCUT2D eigenvalue weighted by atomic mass is 16.5. The van der Waals surface area contributed by atoms with E-state index in [2.05, 4.69) is 22.1 Å². The molecule has 1 atom stereocenters. The number of likely N-dealkylation sites (tertiary alicyclic amines) is 1. The zero-order valence-corrected chi connectivity index (χ0v) is 19.8. The number of piperidine rings is 1. The molecule has 2 aromatic carbocycles. The Hall–Kier alpha value is -3.12. The predicted octanol–water partition coefficient (Wildman–Crippen LogP) is 5.14. The summed E-state index contributed by atoms with van der Waals surface area (Å²) in [5, 5.41) is 3.04. The SMILES string of the molecule is Cc1ccc(OCc2nc(-c3ccc(C(=O)NCCN4CCCC[C@@H]4C)cc3)oc2C)cc1. The first-order valence-electron chi connectivity index (χ1n) is 11.8. The Morgan fingerprint density at radius 3 is 2.61 bits per heavy atom. The number of benzene rings is 2. The second-order valence-corrected chi connectivity index (χ2v) is 8.84. The number of rotatable bonds is 8. The number of nitrogens with zero attached hydrogens (tertiary/aromatic N) is 2. The number of ether oxygens (including phenoxy) is 1. The van der Waals surface area contributed by atoms with Crippen LogP contribution in [-0.2, 0) is 6.61 Å². The van der Waals surface area contributed by atoms with Crippen molar-refractivity contribution in [1.29, 1.82) is 0 Å². The highest BCUT2D eigenvalue weighted by Crippen LogP contribution is 2.23. The lowest BCUT2D eigenvalue weighted by Crippen LogP contribution is -2.42. The number of amides is 1. The highest BCUT2D eigenvalue weighted by Gasteiger charge is 2.18. The van der Waals surface area contributed by atoms with Gasteiger partial charge in [0.25, 0.3) is 5.91 Å². The molecule has 3 aromatic rings. The van der Waals surface area contributed by atoms with E-state index in [0.717, 1.165) is 35.9 Å². The van der Waals surface area contributed by atoms with E-state index in [1.807, 2.05) is 62.4 Å². The zero-order valence-electron chi connectivity index (χ0n) is 19.8. The summed E-state index contributed by atoms with van der Waals surface area (Å²) in [5.74, 6) is 2.00. The van der Waals surface area contributed by atoms with Gasteiger partial charge >= 0.3 is 0 Å². The van der Waals surface area contributed by atoms with Crippen molar-refractivity contribution in [2.45, 2.75) is 52.7 Å². The molecule has 0 aliphatic carbocycles. The van der Waals surface area contributed by atoms with Crippen molar-refractivity contribution in [3.8, 4) is 17.2 Å². The van der Waals surface area contributed by atoms with Crippen LogP contribution in [0, 0.1) is 13.8 Å². The lowest BCUT2D eigenvalue weighted by Gasteiger charge is -2.33. The van der Waals surface area contributed by atoms with Crippen LogP contribution in [0.5, 0.6) is 5.75 Å². The van der Waals surface area contributed by atoms with Crippen LogP contribution in [0.15, 0.2) is 52.9 Å². The molecule has 1 aromatic heterocycles.